The van der Waals surface area contributed by atoms with E-state index in [9.17, 15) is 9.59 Å². The number of carbonyl (C=O) groups excluding carboxylic acids is 2. The molecule has 2 fully saturated rings. The molecule has 0 spiro atoms. The van der Waals surface area contributed by atoms with Crippen molar-refractivity contribution in [3.8, 4) is 0 Å². The second-order valence-electron chi connectivity index (χ2n) is 6.53. The molecule has 3 rings (SSSR count). The first kappa shape index (κ1) is 17.5. The van der Waals surface area contributed by atoms with Crippen LogP contribution in [0.4, 0.5) is 10.5 Å². The molecule has 2 saturated heterocycles. The minimum Gasteiger partial charge on any atom is -0.450 e. The van der Waals surface area contributed by atoms with Crippen LogP contribution in [0.5, 0.6) is 0 Å². The molecule has 0 radical (unpaired) electrons. The second kappa shape index (κ2) is 8.18. The smallest absolute Gasteiger partial charge is 0.409 e. The summed E-state index contributed by atoms with van der Waals surface area (Å²) in [6, 6.07) is 3.83. The van der Waals surface area contributed by atoms with Crippen molar-refractivity contribution in [2.75, 3.05) is 37.7 Å². The fourth-order valence-corrected chi connectivity index (χ4v) is 3.36. The Morgan fingerprint density at radius 3 is 2.52 bits per heavy atom. The van der Waals surface area contributed by atoms with Gasteiger partial charge in [-0.2, -0.15) is 0 Å². The number of carbonyl (C=O) groups is 2. The summed E-state index contributed by atoms with van der Waals surface area (Å²) >= 11 is 0. The molecular formula is C18H26N4O3. The fourth-order valence-electron chi connectivity index (χ4n) is 3.36. The van der Waals surface area contributed by atoms with Crippen LogP contribution >= 0.6 is 0 Å². The molecule has 136 valence electrons. The largest absolute Gasteiger partial charge is 0.450 e. The first-order chi connectivity index (χ1) is 12.2. The van der Waals surface area contributed by atoms with Gasteiger partial charge in [0.25, 0.3) is 5.91 Å². The van der Waals surface area contributed by atoms with Crippen LogP contribution in [-0.4, -0.2) is 60.7 Å². The van der Waals surface area contributed by atoms with Gasteiger partial charge in [0, 0.05) is 32.2 Å². The molecule has 1 N–H and O–H groups in total. The summed E-state index contributed by atoms with van der Waals surface area (Å²) in [7, 11) is 0. The highest BCUT2D eigenvalue weighted by atomic mass is 16.6. The first-order valence-electron chi connectivity index (χ1n) is 9.11. The Morgan fingerprint density at radius 1 is 1.20 bits per heavy atom. The number of pyridine rings is 1. The van der Waals surface area contributed by atoms with E-state index in [1.165, 1.54) is 12.8 Å². The number of nitrogens with one attached hydrogen (secondary N) is 1. The fraction of sp³-hybridized carbons (Fsp3) is 0.611. The summed E-state index contributed by atoms with van der Waals surface area (Å²) in [6.45, 7) is 5.51. The SMILES string of the molecule is CCOC(=O)N1CCC(NC(=O)c2ccc(N3CCCC3)cn2)CC1. The molecule has 0 atom stereocenters. The zero-order chi connectivity index (χ0) is 17.6. The third-order valence-corrected chi connectivity index (χ3v) is 4.81. The number of amides is 2. The van der Waals surface area contributed by atoms with E-state index in [1.807, 2.05) is 6.07 Å². The van der Waals surface area contributed by atoms with Crippen LogP contribution < -0.4 is 10.2 Å². The van der Waals surface area contributed by atoms with Crippen molar-refractivity contribution in [3.63, 3.8) is 0 Å². The van der Waals surface area contributed by atoms with E-state index in [0.29, 0.717) is 25.4 Å². The summed E-state index contributed by atoms with van der Waals surface area (Å²) in [5.74, 6) is -0.150. The molecule has 2 aliphatic heterocycles. The predicted molar refractivity (Wildman–Crippen MR) is 94.8 cm³/mol. The quantitative estimate of drug-likeness (QED) is 0.903. The highest BCUT2D eigenvalue weighted by Gasteiger charge is 2.25. The van der Waals surface area contributed by atoms with Crippen molar-refractivity contribution >= 4 is 17.7 Å². The van der Waals surface area contributed by atoms with Crippen molar-refractivity contribution in [2.45, 2.75) is 38.6 Å². The van der Waals surface area contributed by atoms with E-state index in [-0.39, 0.29) is 18.0 Å². The van der Waals surface area contributed by atoms with Crippen molar-refractivity contribution in [1.29, 1.82) is 0 Å². The summed E-state index contributed by atoms with van der Waals surface area (Å²) in [6.07, 6.45) is 5.40. The lowest BCUT2D eigenvalue weighted by Gasteiger charge is -2.31. The number of rotatable bonds is 4. The maximum atomic E-state index is 12.4. The molecule has 7 nitrogen and oxygen atoms in total. The predicted octanol–water partition coefficient (Wildman–Crippen LogP) is 2.03. The van der Waals surface area contributed by atoms with E-state index in [1.54, 1.807) is 24.1 Å². The molecule has 2 aliphatic rings. The van der Waals surface area contributed by atoms with Gasteiger partial charge in [0.1, 0.15) is 5.69 Å². The van der Waals surface area contributed by atoms with Gasteiger partial charge in [-0.3, -0.25) is 4.79 Å². The highest BCUT2D eigenvalue weighted by molar-refractivity contribution is 5.92. The van der Waals surface area contributed by atoms with Crippen LogP contribution in [0.1, 0.15) is 43.1 Å². The average Bonchev–Trinajstić information content (AvgIpc) is 3.17. The number of hydrogen-bond acceptors (Lipinski definition) is 5. The van der Waals surface area contributed by atoms with Crippen LogP contribution in [0.2, 0.25) is 0 Å². The highest BCUT2D eigenvalue weighted by Crippen LogP contribution is 2.19. The third-order valence-electron chi connectivity index (χ3n) is 4.81. The van der Waals surface area contributed by atoms with E-state index in [2.05, 4.69) is 15.2 Å². The molecule has 0 unspecified atom stereocenters. The van der Waals surface area contributed by atoms with E-state index in [0.717, 1.165) is 31.6 Å². The topological polar surface area (TPSA) is 74.8 Å². The van der Waals surface area contributed by atoms with Crippen molar-refractivity contribution in [1.82, 2.24) is 15.2 Å². The number of nitrogens with zero attached hydrogens (tertiary/aromatic N) is 3. The number of likely N-dealkylation sites (tertiary alicyclic amines) is 1. The number of anilines is 1. The van der Waals surface area contributed by atoms with Crippen LogP contribution in [-0.2, 0) is 4.74 Å². The minimum atomic E-state index is -0.272. The molecule has 3 heterocycles. The van der Waals surface area contributed by atoms with E-state index in [4.69, 9.17) is 4.74 Å². The van der Waals surface area contributed by atoms with Gasteiger partial charge < -0.3 is 19.9 Å². The molecule has 2 amide bonds. The Balaban J connectivity index is 1.48. The maximum absolute atomic E-state index is 12.4. The maximum Gasteiger partial charge on any atom is 0.409 e. The Hall–Kier alpha value is -2.31. The Bertz CT molecular complexity index is 591. The second-order valence-corrected chi connectivity index (χ2v) is 6.53. The Kier molecular flexibility index (Phi) is 5.73. The Labute approximate surface area is 148 Å². The number of hydrogen-bond donors (Lipinski definition) is 1. The van der Waals surface area contributed by atoms with Crippen LogP contribution in [0.3, 0.4) is 0 Å². The molecular weight excluding hydrogens is 320 g/mol. The lowest BCUT2D eigenvalue weighted by molar-refractivity contribution is 0.0856. The molecule has 7 heteroatoms. The Morgan fingerprint density at radius 2 is 1.92 bits per heavy atom. The molecule has 0 bridgehead atoms. The van der Waals surface area contributed by atoms with E-state index >= 15 is 0 Å². The van der Waals surface area contributed by atoms with Crippen molar-refractivity contribution < 1.29 is 14.3 Å². The van der Waals surface area contributed by atoms with Gasteiger partial charge in [0.05, 0.1) is 18.5 Å². The normalized spacial score (nSPS) is 18.3. The average molecular weight is 346 g/mol. The minimum absolute atomic E-state index is 0.0678. The molecule has 0 aliphatic carbocycles. The number of piperidine rings is 1. The molecule has 25 heavy (non-hydrogen) atoms. The molecule has 0 aromatic carbocycles. The third kappa shape index (κ3) is 4.41. The zero-order valence-corrected chi connectivity index (χ0v) is 14.7. The summed E-state index contributed by atoms with van der Waals surface area (Å²) in [5, 5.41) is 3.02. The van der Waals surface area contributed by atoms with E-state index < -0.39 is 0 Å². The number of aromatic nitrogens is 1. The lowest BCUT2D eigenvalue weighted by atomic mass is 10.1. The van der Waals surface area contributed by atoms with Gasteiger partial charge in [0.2, 0.25) is 0 Å². The molecule has 0 saturated carbocycles. The van der Waals surface area contributed by atoms with Crippen molar-refractivity contribution in [3.05, 3.63) is 24.0 Å². The van der Waals surface area contributed by atoms with Gasteiger partial charge in [-0.25, -0.2) is 9.78 Å². The van der Waals surface area contributed by atoms with Gasteiger partial charge in [-0.15, -0.1) is 0 Å². The van der Waals surface area contributed by atoms with Crippen LogP contribution in [0, 0.1) is 0 Å². The summed E-state index contributed by atoms with van der Waals surface area (Å²) in [5.41, 5.74) is 1.52. The summed E-state index contributed by atoms with van der Waals surface area (Å²) < 4.78 is 5.01. The first-order valence-corrected chi connectivity index (χ1v) is 9.11. The summed E-state index contributed by atoms with van der Waals surface area (Å²) in [4.78, 5) is 32.4. The zero-order valence-electron chi connectivity index (χ0n) is 14.7. The van der Waals surface area contributed by atoms with Crippen molar-refractivity contribution in [2.24, 2.45) is 0 Å². The monoisotopic (exact) mass is 346 g/mol. The van der Waals surface area contributed by atoms with Gasteiger partial charge >= 0.3 is 6.09 Å². The molecule has 1 aromatic heterocycles. The standard InChI is InChI=1S/C18H26N4O3/c1-2-25-18(24)22-11-7-14(8-12-22)20-17(23)16-6-5-15(13-19-16)21-9-3-4-10-21/h5-6,13-14H,2-4,7-12H2,1H3,(H,20,23). The molecule has 1 aromatic rings. The van der Waals surface area contributed by atoms with Gasteiger partial charge in [-0.1, -0.05) is 0 Å². The lowest BCUT2D eigenvalue weighted by Crippen LogP contribution is -2.46. The van der Waals surface area contributed by atoms with Crippen LogP contribution in [0.15, 0.2) is 18.3 Å². The van der Waals surface area contributed by atoms with Gasteiger partial charge in [0.15, 0.2) is 0 Å². The van der Waals surface area contributed by atoms with Crippen LogP contribution in [0.25, 0.3) is 0 Å². The number of ether oxygens (including phenoxy) is 1. The van der Waals surface area contributed by atoms with Gasteiger partial charge in [-0.05, 0) is 44.7 Å².